The van der Waals surface area contributed by atoms with Gasteiger partial charge in [0, 0.05) is 11.1 Å². The van der Waals surface area contributed by atoms with E-state index in [9.17, 15) is 0 Å². The number of hydrogen-bond donors (Lipinski definition) is 0. The van der Waals surface area contributed by atoms with Crippen LogP contribution in [0.25, 0.3) is 0 Å². The van der Waals surface area contributed by atoms with Crippen LogP contribution >= 0.6 is 24.4 Å². The summed E-state index contributed by atoms with van der Waals surface area (Å²) in [5, 5.41) is 1.08. The van der Waals surface area contributed by atoms with Crippen LogP contribution in [0.5, 0.6) is 5.75 Å². The van der Waals surface area contributed by atoms with Gasteiger partial charge >= 0.3 is 0 Å². The lowest BCUT2D eigenvalue weighted by molar-refractivity contribution is 0.236. The largest absolute Gasteiger partial charge is 0.480 e. The molecule has 3 aromatic rings. The van der Waals surface area contributed by atoms with Crippen molar-refractivity contribution in [1.29, 1.82) is 0 Å². The van der Waals surface area contributed by atoms with Gasteiger partial charge in [-0.1, -0.05) is 78.9 Å². The average molecular weight is 395 g/mol. The Morgan fingerprint density at radius 3 is 1.48 bits per heavy atom. The smallest absolute Gasteiger partial charge is 0.198 e. The first-order valence-corrected chi connectivity index (χ1v) is 9.46. The third kappa shape index (κ3) is 7.69. The van der Waals surface area contributed by atoms with Gasteiger partial charge in [0.2, 0.25) is 0 Å². The van der Waals surface area contributed by atoms with E-state index in [1.165, 1.54) is 0 Å². The summed E-state index contributed by atoms with van der Waals surface area (Å²) in [6.07, 6.45) is 0.151. The minimum atomic E-state index is 0.151. The lowest BCUT2D eigenvalue weighted by atomic mass is 10.2. The predicted octanol–water partition coefficient (Wildman–Crippen LogP) is 6.23. The van der Waals surface area contributed by atoms with Crippen LogP contribution in [-0.4, -0.2) is 16.2 Å². The molecular weight excluding hydrogens is 372 g/mol. The van der Waals surface area contributed by atoms with Gasteiger partial charge in [0.1, 0.15) is 5.75 Å². The Morgan fingerprint density at radius 2 is 1.04 bits per heavy atom. The summed E-state index contributed by atoms with van der Waals surface area (Å²) >= 11 is 10.3. The molecule has 0 bridgehead atoms. The lowest BCUT2D eigenvalue weighted by Gasteiger charge is -2.09. The van der Waals surface area contributed by atoms with Crippen molar-refractivity contribution < 1.29 is 9.47 Å². The highest BCUT2D eigenvalue weighted by Crippen LogP contribution is 2.12. The molecule has 3 rings (SSSR count). The summed E-state index contributed by atoms with van der Waals surface area (Å²) in [6.45, 7) is 3.94. The van der Waals surface area contributed by atoms with Crippen LogP contribution in [0.2, 0.25) is 0 Å². The third-order valence-corrected chi connectivity index (χ3v) is 3.97. The van der Waals surface area contributed by atoms with Gasteiger partial charge in [-0.05, 0) is 50.4 Å². The molecule has 138 valence electrons. The van der Waals surface area contributed by atoms with Gasteiger partial charge in [0.15, 0.2) is 10.1 Å². The van der Waals surface area contributed by atoms with Gasteiger partial charge in [-0.15, -0.1) is 0 Å². The molecule has 0 N–H and O–H groups in total. The van der Waals surface area contributed by atoms with Crippen LogP contribution in [0, 0.1) is 0 Å². The van der Waals surface area contributed by atoms with E-state index < -0.39 is 0 Å². The fourth-order valence-electron chi connectivity index (χ4n) is 2.09. The van der Waals surface area contributed by atoms with E-state index in [0.717, 1.165) is 16.9 Å². The molecule has 0 radical (unpaired) electrons. The quantitative estimate of drug-likeness (QED) is 0.488. The van der Waals surface area contributed by atoms with E-state index in [0.29, 0.717) is 10.1 Å². The van der Waals surface area contributed by atoms with Crippen molar-refractivity contribution in [2.24, 2.45) is 0 Å². The first kappa shape index (κ1) is 20.7. The zero-order valence-corrected chi connectivity index (χ0v) is 17.0. The Morgan fingerprint density at radius 1 is 0.630 bits per heavy atom. The normalized spacial score (nSPS) is 9.74. The zero-order chi connectivity index (χ0) is 19.5. The molecule has 0 amide bonds. The van der Waals surface area contributed by atoms with Gasteiger partial charge < -0.3 is 9.47 Å². The first-order valence-electron chi connectivity index (χ1n) is 8.64. The molecule has 0 aliphatic heterocycles. The second-order valence-corrected chi connectivity index (χ2v) is 6.63. The van der Waals surface area contributed by atoms with Crippen LogP contribution in [0.4, 0.5) is 0 Å². The van der Waals surface area contributed by atoms with E-state index in [1.54, 1.807) is 0 Å². The van der Waals surface area contributed by atoms with Crippen LogP contribution in [0.15, 0.2) is 91.0 Å². The average Bonchev–Trinajstić information content (AvgIpc) is 2.70. The Balaban J connectivity index is 0.000000199. The molecule has 0 atom stereocenters. The summed E-state index contributed by atoms with van der Waals surface area (Å²) in [5.74, 6) is 0.770. The molecule has 0 unspecified atom stereocenters. The van der Waals surface area contributed by atoms with Crippen LogP contribution < -0.4 is 4.74 Å². The Kier molecular flexibility index (Phi) is 8.62. The molecule has 27 heavy (non-hydrogen) atoms. The summed E-state index contributed by atoms with van der Waals surface area (Å²) in [6, 6.07) is 29.0. The molecule has 0 saturated heterocycles. The monoisotopic (exact) mass is 394 g/mol. The van der Waals surface area contributed by atoms with Crippen molar-refractivity contribution in [3.05, 3.63) is 102 Å². The molecular formula is C23H22O2S2. The van der Waals surface area contributed by atoms with Gasteiger partial charge in [0.05, 0.1) is 6.10 Å². The minimum Gasteiger partial charge on any atom is -0.480 e. The second-order valence-electron chi connectivity index (χ2n) is 5.89. The number of rotatable bonds is 4. The fraction of sp³-hybridized carbons (Fsp3) is 0.130. The minimum absolute atomic E-state index is 0.151. The number of benzene rings is 3. The maximum atomic E-state index is 5.53. The van der Waals surface area contributed by atoms with E-state index in [1.807, 2.05) is 105 Å². The molecule has 0 heterocycles. The van der Waals surface area contributed by atoms with Crippen molar-refractivity contribution in [3.8, 4) is 5.75 Å². The van der Waals surface area contributed by atoms with E-state index in [4.69, 9.17) is 33.9 Å². The van der Waals surface area contributed by atoms with Crippen molar-refractivity contribution in [3.63, 3.8) is 0 Å². The molecule has 0 aliphatic rings. The van der Waals surface area contributed by atoms with Crippen LogP contribution in [-0.2, 0) is 4.74 Å². The maximum Gasteiger partial charge on any atom is 0.198 e. The molecule has 2 nitrogen and oxygen atoms in total. The number of para-hydroxylation sites is 1. The van der Waals surface area contributed by atoms with E-state index >= 15 is 0 Å². The van der Waals surface area contributed by atoms with Crippen LogP contribution in [0.3, 0.4) is 0 Å². The molecule has 0 spiro atoms. The van der Waals surface area contributed by atoms with E-state index in [-0.39, 0.29) is 6.10 Å². The Bertz CT molecular complexity index is 832. The standard InChI is InChI=1S/C13H10OS.C10H12OS/c15-13(11-7-3-1-4-8-11)14-12-9-5-2-6-10-12;1-8(2)11-10(12)9-6-4-3-5-7-9/h1-10H;3-8H,1-2H3. The maximum absolute atomic E-state index is 5.53. The number of thiocarbonyl (C=S) groups is 2. The second kappa shape index (κ2) is 11.2. The van der Waals surface area contributed by atoms with Gasteiger partial charge in [0.25, 0.3) is 0 Å². The summed E-state index contributed by atoms with van der Waals surface area (Å²) in [4.78, 5) is 0. The topological polar surface area (TPSA) is 18.5 Å². The Hall–Kier alpha value is -2.56. The summed E-state index contributed by atoms with van der Waals surface area (Å²) in [5.41, 5.74) is 1.90. The van der Waals surface area contributed by atoms with Crippen molar-refractivity contribution in [2.45, 2.75) is 20.0 Å². The summed E-state index contributed by atoms with van der Waals surface area (Å²) < 4.78 is 10.9. The molecule has 0 saturated carbocycles. The zero-order valence-electron chi connectivity index (χ0n) is 15.4. The molecule has 0 fully saturated rings. The third-order valence-electron chi connectivity index (χ3n) is 3.32. The molecule has 0 aliphatic carbocycles. The van der Waals surface area contributed by atoms with Crippen molar-refractivity contribution >= 4 is 34.5 Å². The van der Waals surface area contributed by atoms with Crippen molar-refractivity contribution in [1.82, 2.24) is 0 Å². The predicted molar refractivity (Wildman–Crippen MR) is 120 cm³/mol. The fourth-order valence-corrected chi connectivity index (χ4v) is 2.65. The van der Waals surface area contributed by atoms with Gasteiger partial charge in [-0.25, -0.2) is 0 Å². The highest BCUT2D eigenvalue weighted by Gasteiger charge is 2.03. The highest BCUT2D eigenvalue weighted by atomic mass is 32.1. The van der Waals surface area contributed by atoms with Crippen molar-refractivity contribution in [2.75, 3.05) is 0 Å². The number of ether oxygens (including phenoxy) is 2. The first-order chi connectivity index (χ1) is 13.1. The highest BCUT2D eigenvalue weighted by molar-refractivity contribution is 7.80. The molecule has 4 heteroatoms. The molecule has 0 aromatic heterocycles. The Labute approximate surface area is 171 Å². The van der Waals surface area contributed by atoms with E-state index in [2.05, 4.69) is 0 Å². The van der Waals surface area contributed by atoms with Gasteiger partial charge in [-0.2, -0.15) is 0 Å². The lowest BCUT2D eigenvalue weighted by Crippen LogP contribution is -2.10. The SMILES string of the molecule is CC(C)OC(=S)c1ccccc1.S=C(Oc1ccccc1)c1ccccc1. The number of hydrogen-bond acceptors (Lipinski definition) is 4. The summed E-state index contributed by atoms with van der Waals surface area (Å²) in [7, 11) is 0. The molecule has 3 aromatic carbocycles. The van der Waals surface area contributed by atoms with Gasteiger partial charge in [-0.3, -0.25) is 0 Å². The van der Waals surface area contributed by atoms with Crippen LogP contribution in [0.1, 0.15) is 25.0 Å².